The van der Waals surface area contributed by atoms with Crippen LogP contribution in [-0.4, -0.2) is 5.51 Å². The predicted molar refractivity (Wildman–Crippen MR) is 52.4 cm³/mol. The lowest BCUT2D eigenvalue weighted by molar-refractivity contribution is -0.0328. The van der Waals surface area contributed by atoms with Crippen molar-refractivity contribution in [3.05, 3.63) is 29.8 Å². The second kappa shape index (κ2) is 4.26. The lowest BCUT2D eigenvalue weighted by Crippen LogP contribution is -2.01. The van der Waals surface area contributed by atoms with E-state index < -0.39 is 5.51 Å². The zero-order chi connectivity index (χ0) is 10.8. The second-order valence-electron chi connectivity index (χ2n) is 3.24. The summed E-state index contributed by atoms with van der Waals surface area (Å²) in [6.07, 6.45) is 0. The van der Waals surface area contributed by atoms with Crippen molar-refractivity contribution >= 4 is 11.8 Å². The monoisotopic (exact) mass is 220 g/mol. The number of rotatable bonds is 2. The van der Waals surface area contributed by atoms with Gasteiger partial charge in [-0.2, -0.15) is 13.2 Å². The number of alkyl halides is 3. The van der Waals surface area contributed by atoms with E-state index in [0.29, 0.717) is 4.90 Å². The molecule has 0 nitrogen and oxygen atoms in total. The van der Waals surface area contributed by atoms with Gasteiger partial charge in [0.15, 0.2) is 0 Å². The van der Waals surface area contributed by atoms with Crippen molar-refractivity contribution in [2.24, 2.45) is 0 Å². The molecule has 0 spiro atoms. The molecule has 1 aromatic carbocycles. The molecular weight excluding hydrogens is 209 g/mol. The Labute approximate surface area is 85.5 Å². The van der Waals surface area contributed by atoms with Crippen molar-refractivity contribution in [1.82, 2.24) is 0 Å². The van der Waals surface area contributed by atoms with Crippen LogP contribution in [0, 0.1) is 0 Å². The van der Waals surface area contributed by atoms with Crippen molar-refractivity contribution in [3.8, 4) is 0 Å². The van der Waals surface area contributed by atoms with E-state index in [1.165, 1.54) is 6.07 Å². The number of benzene rings is 1. The summed E-state index contributed by atoms with van der Waals surface area (Å²) in [5, 5.41) is 0. The van der Waals surface area contributed by atoms with Crippen LogP contribution >= 0.6 is 11.8 Å². The van der Waals surface area contributed by atoms with Crippen LogP contribution in [0.15, 0.2) is 29.2 Å². The summed E-state index contributed by atoms with van der Waals surface area (Å²) in [5.74, 6) is 0.112. The van der Waals surface area contributed by atoms with Crippen molar-refractivity contribution in [2.45, 2.75) is 30.2 Å². The molecule has 1 rings (SSSR count). The first-order valence-corrected chi connectivity index (χ1v) is 5.06. The highest BCUT2D eigenvalue weighted by atomic mass is 32.2. The van der Waals surface area contributed by atoms with Crippen LogP contribution in [0.4, 0.5) is 13.2 Å². The van der Waals surface area contributed by atoms with Gasteiger partial charge in [0.05, 0.1) is 0 Å². The molecule has 4 heteroatoms. The highest BCUT2D eigenvalue weighted by Gasteiger charge is 2.30. The van der Waals surface area contributed by atoms with Crippen molar-refractivity contribution in [1.29, 1.82) is 0 Å². The van der Waals surface area contributed by atoms with Crippen LogP contribution in [0.25, 0.3) is 0 Å². The Kier molecular flexibility index (Phi) is 3.48. The number of hydrogen-bond donors (Lipinski definition) is 0. The largest absolute Gasteiger partial charge is 0.446 e. The molecule has 0 amide bonds. The summed E-state index contributed by atoms with van der Waals surface area (Å²) in [6, 6.07) is 6.63. The fourth-order valence-corrected chi connectivity index (χ4v) is 1.99. The van der Waals surface area contributed by atoms with Crippen molar-refractivity contribution in [2.75, 3.05) is 0 Å². The average molecular weight is 220 g/mol. The minimum Gasteiger partial charge on any atom is -0.160 e. The number of hydrogen-bond acceptors (Lipinski definition) is 1. The molecule has 0 N–H and O–H groups in total. The van der Waals surface area contributed by atoms with E-state index in [1.807, 2.05) is 13.8 Å². The summed E-state index contributed by atoms with van der Waals surface area (Å²) in [5.41, 5.74) is -3.46. The summed E-state index contributed by atoms with van der Waals surface area (Å²) >= 11 is -0.0443. The molecule has 0 heterocycles. The van der Waals surface area contributed by atoms with Gasteiger partial charge in [-0.3, -0.25) is 0 Å². The lowest BCUT2D eigenvalue weighted by atomic mass is 10.0. The van der Waals surface area contributed by atoms with Gasteiger partial charge >= 0.3 is 5.51 Å². The SMILES string of the molecule is CC(C)c1ccccc1SC(F)(F)F. The van der Waals surface area contributed by atoms with Crippen molar-refractivity contribution in [3.63, 3.8) is 0 Å². The third-order valence-corrected chi connectivity index (χ3v) is 2.59. The van der Waals surface area contributed by atoms with E-state index in [1.54, 1.807) is 18.2 Å². The van der Waals surface area contributed by atoms with Gasteiger partial charge in [-0.05, 0) is 29.3 Å². The fourth-order valence-electron chi connectivity index (χ4n) is 1.18. The van der Waals surface area contributed by atoms with E-state index in [2.05, 4.69) is 0 Å². The zero-order valence-electron chi connectivity index (χ0n) is 7.93. The first-order chi connectivity index (χ1) is 6.40. The molecule has 0 unspecified atom stereocenters. The average Bonchev–Trinajstić information content (AvgIpc) is 2.01. The maximum Gasteiger partial charge on any atom is 0.446 e. The van der Waals surface area contributed by atoms with E-state index in [4.69, 9.17) is 0 Å². The first-order valence-electron chi connectivity index (χ1n) is 4.25. The molecule has 0 fully saturated rings. The molecule has 14 heavy (non-hydrogen) atoms. The lowest BCUT2D eigenvalue weighted by Gasteiger charge is -2.13. The van der Waals surface area contributed by atoms with E-state index in [0.717, 1.165) is 5.56 Å². The zero-order valence-corrected chi connectivity index (χ0v) is 8.75. The molecule has 1 aromatic rings. The summed E-state index contributed by atoms with van der Waals surface area (Å²) in [7, 11) is 0. The molecule has 78 valence electrons. The van der Waals surface area contributed by atoms with Crippen LogP contribution in [-0.2, 0) is 0 Å². The van der Waals surface area contributed by atoms with Gasteiger partial charge in [0.25, 0.3) is 0 Å². The van der Waals surface area contributed by atoms with Gasteiger partial charge in [-0.25, -0.2) is 0 Å². The van der Waals surface area contributed by atoms with Gasteiger partial charge in [0.1, 0.15) is 0 Å². The number of thioether (sulfide) groups is 1. The van der Waals surface area contributed by atoms with E-state index >= 15 is 0 Å². The van der Waals surface area contributed by atoms with Crippen LogP contribution in [0.2, 0.25) is 0 Å². The third kappa shape index (κ3) is 3.25. The Hall–Kier alpha value is -0.640. The predicted octanol–water partition coefficient (Wildman–Crippen LogP) is 4.42. The molecule has 0 aromatic heterocycles. The molecule has 0 saturated heterocycles. The van der Waals surface area contributed by atoms with Gasteiger partial charge < -0.3 is 0 Å². The molecule has 0 bridgehead atoms. The standard InChI is InChI=1S/C10H11F3S/c1-7(2)8-5-3-4-6-9(8)14-10(11,12)13/h3-7H,1-2H3. The Morgan fingerprint density at radius 2 is 1.71 bits per heavy atom. The topological polar surface area (TPSA) is 0 Å². The van der Waals surface area contributed by atoms with Crippen LogP contribution < -0.4 is 0 Å². The fraction of sp³-hybridized carbons (Fsp3) is 0.400. The molecule has 0 saturated carbocycles. The van der Waals surface area contributed by atoms with Gasteiger partial charge in [0.2, 0.25) is 0 Å². The van der Waals surface area contributed by atoms with Gasteiger partial charge in [-0.1, -0.05) is 32.0 Å². The smallest absolute Gasteiger partial charge is 0.160 e. The Balaban J connectivity index is 2.96. The van der Waals surface area contributed by atoms with Crippen LogP contribution in [0.5, 0.6) is 0 Å². The summed E-state index contributed by atoms with van der Waals surface area (Å²) < 4.78 is 36.4. The third-order valence-electron chi connectivity index (χ3n) is 1.77. The minimum atomic E-state index is -4.20. The summed E-state index contributed by atoms with van der Waals surface area (Å²) in [6.45, 7) is 3.77. The first kappa shape index (κ1) is 11.4. The normalized spacial score (nSPS) is 12.1. The maximum absolute atomic E-state index is 12.1. The van der Waals surface area contributed by atoms with E-state index in [-0.39, 0.29) is 17.7 Å². The van der Waals surface area contributed by atoms with Crippen LogP contribution in [0.3, 0.4) is 0 Å². The quantitative estimate of drug-likeness (QED) is 0.665. The Bertz CT molecular complexity index is 304. The molecule has 0 radical (unpaired) electrons. The molecule has 0 aliphatic carbocycles. The Morgan fingerprint density at radius 1 is 1.14 bits per heavy atom. The second-order valence-corrected chi connectivity index (χ2v) is 4.35. The summed E-state index contributed by atoms with van der Waals surface area (Å²) in [4.78, 5) is 0.301. The number of halogens is 3. The highest BCUT2D eigenvalue weighted by molar-refractivity contribution is 8.00. The Morgan fingerprint density at radius 3 is 2.21 bits per heavy atom. The van der Waals surface area contributed by atoms with Crippen LogP contribution in [0.1, 0.15) is 25.3 Å². The molecule has 0 aliphatic rings. The highest BCUT2D eigenvalue weighted by Crippen LogP contribution is 2.40. The minimum absolute atomic E-state index is 0.0443. The maximum atomic E-state index is 12.1. The molecule has 0 aliphatic heterocycles. The molecular formula is C10H11F3S. The van der Waals surface area contributed by atoms with Gasteiger partial charge in [-0.15, -0.1) is 0 Å². The molecule has 0 atom stereocenters. The van der Waals surface area contributed by atoms with Gasteiger partial charge in [0, 0.05) is 4.90 Å². The van der Waals surface area contributed by atoms with E-state index in [9.17, 15) is 13.2 Å². The van der Waals surface area contributed by atoms with Crippen molar-refractivity contribution < 1.29 is 13.2 Å².